The fraction of sp³-hybridized carbons (Fsp3) is 0.600. The topological polar surface area (TPSA) is 15.7 Å². The number of hydrogen-bond donors (Lipinski definition) is 0. The maximum Gasteiger partial charge on any atom is 0.119 e. The van der Waals surface area contributed by atoms with Gasteiger partial charge in [-0.25, -0.2) is 0 Å². The van der Waals surface area contributed by atoms with E-state index in [-0.39, 0.29) is 0 Å². The molecule has 1 aliphatic rings. The summed E-state index contributed by atoms with van der Waals surface area (Å²) in [5.41, 5.74) is 0. The van der Waals surface area contributed by atoms with Crippen LogP contribution in [-0.4, -0.2) is 56.2 Å². The van der Waals surface area contributed by atoms with Crippen molar-refractivity contribution in [2.45, 2.75) is 18.9 Å². The Kier molecular flexibility index (Phi) is 5.67. The van der Waals surface area contributed by atoms with Crippen molar-refractivity contribution in [3.05, 3.63) is 28.7 Å². The zero-order chi connectivity index (χ0) is 13.7. The molecule has 3 nitrogen and oxygen atoms in total. The second-order valence-corrected chi connectivity index (χ2v) is 6.25. The zero-order valence-corrected chi connectivity index (χ0v) is 13.4. The van der Waals surface area contributed by atoms with Crippen molar-refractivity contribution in [3.8, 4) is 5.75 Å². The Labute approximate surface area is 124 Å². The van der Waals surface area contributed by atoms with Crippen molar-refractivity contribution in [1.29, 1.82) is 0 Å². The Hall–Kier alpha value is -0.580. The van der Waals surface area contributed by atoms with Crippen LogP contribution in [0.5, 0.6) is 5.75 Å². The fourth-order valence-corrected chi connectivity index (χ4v) is 2.75. The number of nitrogens with zero attached hydrogens (tertiary/aromatic N) is 2. The van der Waals surface area contributed by atoms with Crippen LogP contribution in [0, 0.1) is 0 Å². The third-order valence-electron chi connectivity index (χ3n) is 3.78. The van der Waals surface area contributed by atoms with E-state index < -0.39 is 0 Å². The maximum absolute atomic E-state index is 5.77. The highest BCUT2D eigenvalue weighted by Gasteiger charge is 2.19. The fourth-order valence-electron chi connectivity index (χ4n) is 2.48. The summed E-state index contributed by atoms with van der Waals surface area (Å²) in [6.07, 6.45) is 2.54. The summed E-state index contributed by atoms with van der Waals surface area (Å²) in [4.78, 5) is 4.84. The van der Waals surface area contributed by atoms with Crippen LogP contribution in [0.25, 0.3) is 0 Å². The first-order valence-corrected chi connectivity index (χ1v) is 7.71. The van der Waals surface area contributed by atoms with Crippen molar-refractivity contribution in [2.75, 3.05) is 40.3 Å². The van der Waals surface area contributed by atoms with Gasteiger partial charge in [-0.3, -0.25) is 4.90 Å². The van der Waals surface area contributed by atoms with Crippen LogP contribution in [0.1, 0.15) is 12.8 Å². The van der Waals surface area contributed by atoms with Gasteiger partial charge in [-0.2, -0.15) is 0 Å². The first-order chi connectivity index (χ1) is 9.15. The Morgan fingerprint density at radius 3 is 2.42 bits per heavy atom. The van der Waals surface area contributed by atoms with Crippen LogP contribution < -0.4 is 4.74 Å². The number of piperidine rings is 1. The molecule has 0 unspecified atom stereocenters. The number of hydrogen-bond acceptors (Lipinski definition) is 3. The van der Waals surface area contributed by atoms with Gasteiger partial charge in [-0.05, 0) is 64.3 Å². The lowest BCUT2D eigenvalue weighted by atomic mass is 10.0. The monoisotopic (exact) mass is 326 g/mol. The molecule has 0 N–H and O–H groups in total. The summed E-state index contributed by atoms with van der Waals surface area (Å²) in [6.45, 7) is 4.17. The molecule has 0 radical (unpaired) electrons. The van der Waals surface area contributed by atoms with Crippen LogP contribution in [-0.2, 0) is 0 Å². The van der Waals surface area contributed by atoms with Crippen molar-refractivity contribution < 1.29 is 4.74 Å². The van der Waals surface area contributed by atoms with E-state index in [1.54, 1.807) is 0 Å². The van der Waals surface area contributed by atoms with E-state index >= 15 is 0 Å². The highest BCUT2D eigenvalue weighted by Crippen LogP contribution is 2.17. The van der Waals surface area contributed by atoms with Gasteiger partial charge in [-0.1, -0.05) is 15.9 Å². The number of rotatable bonds is 5. The first-order valence-electron chi connectivity index (χ1n) is 6.92. The summed E-state index contributed by atoms with van der Waals surface area (Å²) in [5, 5.41) is 0. The molecule has 1 saturated heterocycles. The van der Waals surface area contributed by atoms with Gasteiger partial charge in [0.1, 0.15) is 12.4 Å². The lowest BCUT2D eigenvalue weighted by molar-refractivity contribution is 0.128. The van der Waals surface area contributed by atoms with E-state index in [9.17, 15) is 0 Å². The Morgan fingerprint density at radius 2 is 1.84 bits per heavy atom. The minimum absolute atomic E-state index is 0.753. The van der Waals surface area contributed by atoms with E-state index in [0.717, 1.165) is 29.4 Å². The number of halogens is 1. The second-order valence-electron chi connectivity index (χ2n) is 5.34. The Morgan fingerprint density at radius 1 is 1.21 bits per heavy atom. The summed E-state index contributed by atoms with van der Waals surface area (Å²) in [7, 11) is 4.36. The van der Waals surface area contributed by atoms with E-state index in [0.29, 0.717) is 0 Å². The molecular formula is C15H23BrN2O. The minimum atomic E-state index is 0.753. The molecule has 0 amide bonds. The molecule has 1 aliphatic heterocycles. The van der Waals surface area contributed by atoms with Gasteiger partial charge >= 0.3 is 0 Å². The largest absolute Gasteiger partial charge is 0.492 e. The molecule has 0 spiro atoms. The van der Waals surface area contributed by atoms with Gasteiger partial charge < -0.3 is 9.64 Å². The number of ether oxygens (including phenoxy) is 1. The predicted octanol–water partition coefficient (Wildman–Crippen LogP) is 2.85. The minimum Gasteiger partial charge on any atom is -0.492 e. The Balaban J connectivity index is 1.65. The van der Waals surface area contributed by atoms with Crippen LogP contribution in [0.15, 0.2) is 28.7 Å². The van der Waals surface area contributed by atoms with Crippen molar-refractivity contribution >= 4 is 15.9 Å². The highest BCUT2D eigenvalue weighted by atomic mass is 79.9. The van der Waals surface area contributed by atoms with Crippen molar-refractivity contribution in [2.24, 2.45) is 0 Å². The average Bonchev–Trinajstić information content (AvgIpc) is 2.41. The van der Waals surface area contributed by atoms with Gasteiger partial charge in [0.15, 0.2) is 0 Å². The molecule has 0 saturated carbocycles. The van der Waals surface area contributed by atoms with Gasteiger partial charge in [-0.15, -0.1) is 0 Å². The maximum atomic E-state index is 5.77. The highest BCUT2D eigenvalue weighted by molar-refractivity contribution is 9.10. The molecule has 106 valence electrons. The average molecular weight is 327 g/mol. The third kappa shape index (κ3) is 4.79. The standard InChI is InChI=1S/C15H23BrN2O/c1-17(2)14-7-9-18(10-8-14)11-12-19-15-5-3-13(16)4-6-15/h3-6,14H,7-12H2,1-2H3. The molecular weight excluding hydrogens is 304 g/mol. The molecule has 0 aliphatic carbocycles. The molecule has 19 heavy (non-hydrogen) atoms. The molecule has 0 aromatic heterocycles. The molecule has 1 heterocycles. The predicted molar refractivity (Wildman–Crippen MR) is 82.8 cm³/mol. The molecule has 0 bridgehead atoms. The molecule has 1 fully saturated rings. The van der Waals surface area contributed by atoms with E-state index in [1.807, 2.05) is 24.3 Å². The van der Waals surface area contributed by atoms with Crippen molar-refractivity contribution in [1.82, 2.24) is 9.80 Å². The zero-order valence-electron chi connectivity index (χ0n) is 11.8. The molecule has 4 heteroatoms. The lowest BCUT2D eigenvalue weighted by Gasteiger charge is -2.35. The SMILES string of the molecule is CN(C)C1CCN(CCOc2ccc(Br)cc2)CC1. The van der Waals surface area contributed by atoms with E-state index in [4.69, 9.17) is 4.74 Å². The van der Waals surface area contributed by atoms with E-state index in [1.165, 1.54) is 25.9 Å². The number of benzene rings is 1. The van der Waals surface area contributed by atoms with E-state index in [2.05, 4.69) is 39.8 Å². The van der Waals surface area contributed by atoms with Gasteiger partial charge in [0, 0.05) is 17.1 Å². The summed E-state index contributed by atoms with van der Waals surface area (Å²) in [6, 6.07) is 8.78. The van der Waals surface area contributed by atoms with Crippen LogP contribution in [0.3, 0.4) is 0 Å². The van der Waals surface area contributed by atoms with Crippen LogP contribution in [0.4, 0.5) is 0 Å². The van der Waals surface area contributed by atoms with Crippen LogP contribution >= 0.6 is 15.9 Å². The molecule has 1 aromatic rings. The molecule has 1 aromatic carbocycles. The van der Waals surface area contributed by atoms with Crippen molar-refractivity contribution in [3.63, 3.8) is 0 Å². The molecule has 0 atom stereocenters. The second kappa shape index (κ2) is 7.27. The third-order valence-corrected chi connectivity index (χ3v) is 4.31. The quantitative estimate of drug-likeness (QED) is 0.827. The van der Waals surface area contributed by atoms with Crippen LogP contribution in [0.2, 0.25) is 0 Å². The van der Waals surface area contributed by atoms with Gasteiger partial charge in [0.25, 0.3) is 0 Å². The lowest BCUT2D eigenvalue weighted by Crippen LogP contribution is -2.43. The normalized spacial score (nSPS) is 17.9. The smallest absolute Gasteiger partial charge is 0.119 e. The first kappa shape index (κ1) is 14.8. The number of likely N-dealkylation sites (tertiary alicyclic amines) is 1. The summed E-state index contributed by atoms with van der Waals surface area (Å²) >= 11 is 3.43. The summed E-state index contributed by atoms with van der Waals surface area (Å²) < 4.78 is 6.85. The van der Waals surface area contributed by atoms with Gasteiger partial charge in [0.05, 0.1) is 0 Å². The van der Waals surface area contributed by atoms with Gasteiger partial charge in [0.2, 0.25) is 0 Å². The Bertz CT molecular complexity index is 372. The summed E-state index contributed by atoms with van der Waals surface area (Å²) in [5.74, 6) is 0.950. The molecule has 2 rings (SSSR count).